The number of rotatable bonds is 24. The van der Waals surface area contributed by atoms with Crippen molar-refractivity contribution in [2.75, 3.05) is 26.4 Å². The molecule has 0 saturated carbocycles. The average molecular weight is 571 g/mol. The highest BCUT2D eigenvalue weighted by atomic mass is 31.3. The molecule has 0 aromatic rings. The second-order valence-corrected chi connectivity index (χ2v) is 11.8. The van der Waals surface area contributed by atoms with E-state index in [1.807, 2.05) is 0 Å². The van der Waals surface area contributed by atoms with Gasteiger partial charge >= 0.3 is 27.6 Å². The van der Waals surface area contributed by atoms with E-state index in [0.717, 1.165) is 64.2 Å². The van der Waals surface area contributed by atoms with Crippen molar-refractivity contribution in [3.63, 3.8) is 0 Å². The SMILES string of the molecule is C=C(C)C(=O)OCCCCCCCCOP(=O)(OCCCCCCCCOC(=O)C(=C)C)OP(=O)(O)O. The molecule has 0 atom stereocenters. The monoisotopic (exact) mass is 570 g/mol. The van der Waals surface area contributed by atoms with Gasteiger partial charge in [-0.2, -0.15) is 4.31 Å². The fourth-order valence-corrected chi connectivity index (χ4v) is 5.17. The summed E-state index contributed by atoms with van der Waals surface area (Å²) in [7, 11) is -9.46. The minimum absolute atomic E-state index is 0.0244. The minimum Gasteiger partial charge on any atom is -0.462 e. The van der Waals surface area contributed by atoms with Gasteiger partial charge in [-0.25, -0.2) is 18.7 Å². The summed E-state index contributed by atoms with van der Waals surface area (Å²) in [5, 5.41) is 0. The maximum Gasteiger partial charge on any atom is 0.483 e. The highest BCUT2D eigenvalue weighted by Gasteiger charge is 2.35. The number of esters is 2. The van der Waals surface area contributed by atoms with Crippen LogP contribution in [0.5, 0.6) is 0 Å². The van der Waals surface area contributed by atoms with Crippen LogP contribution in [0.4, 0.5) is 0 Å². The Morgan fingerprint density at radius 2 is 0.892 bits per heavy atom. The minimum atomic E-state index is -5.06. The second kappa shape index (κ2) is 20.6. The predicted octanol–water partition coefficient (Wildman–Crippen LogP) is 6.16. The number of carbonyl (C=O) groups excluding carboxylic acids is 2. The highest BCUT2D eigenvalue weighted by molar-refractivity contribution is 7.61. The molecule has 2 N–H and O–H groups in total. The number of unbranched alkanes of at least 4 members (excludes halogenated alkanes) is 10. The maximum atomic E-state index is 12.6. The van der Waals surface area contributed by atoms with Gasteiger partial charge in [0.1, 0.15) is 0 Å². The molecule has 0 fully saturated rings. The zero-order chi connectivity index (χ0) is 28.2. The summed E-state index contributed by atoms with van der Waals surface area (Å²) in [5.74, 6) is -0.783. The van der Waals surface area contributed by atoms with Crippen LogP contribution in [-0.2, 0) is 41.6 Å². The maximum absolute atomic E-state index is 12.6. The van der Waals surface area contributed by atoms with E-state index >= 15 is 0 Å². The van der Waals surface area contributed by atoms with Crippen molar-refractivity contribution in [2.24, 2.45) is 0 Å². The van der Waals surface area contributed by atoms with Crippen molar-refractivity contribution in [3.05, 3.63) is 24.3 Å². The highest BCUT2D eigenvalue weighted by Crippen LogP contribution is 2.61. The number of hydrogen-bond donors (Lipinski definition) is 2. The molecule has 0 rings (SSSR count). The van der Waals surface area contributed by atoms with E-state index in [-0.39, 0.29) is 13.2 Å². The Hall–Kier alpha value is -1.32. The standard InChI is InChI=1S/C24H44O11P2/c1-21(2)23(25)31-17-13-9-5-7-11-15-19-33-37(30,35-36(27,28)29)34-20-16-12-8-6-10-14-18-32-24(26)22(3)4/h1,3,5-20H2,2,4H3,(H2,27,28,29). The fraction of sp³-hybridized carbons (Fsp3) is 0.750. The third kappa shape index (κ3) is 22.4. The zero-order valence-corrected chi connectivity index (χ0v) is 24.0. The molecule has 0 aliphatic carbocycles. The van der Waals surface area contributed by atoms with E-state index < -0.39 is 27.6 Å². The average Bonchev–Trinajstić information content (AvgIpc) is 2.79. The summed E-state index contributed by atoms with van der Waals surface area (Å²) in [4.78, 5) is 40.6. The Morgan fingerprint density at radius 1 is 0.595 bits per heavy atom. The smallest absolute Gasteiger partial charge is 0.462 e. The molecule has 216 valence electrons. The Balaban J connectivity index is 3.97. The third-order valence-electron chi connectivity index (χ3n) is 4.95. The first-order valence-electron chi connectivity index (χ1n) is 12.7. The largest absolute Gasteiger partial charge is 0.483 e. The van der Waals surface area contributed by atoms with Crippen molar-refractivity contribution in [2.45, 2.75) is 90.9 Å². The number of ether oxygens (including phenoxy) is 2. The van der Waals surface area contributed by atoms with E-state index in [9.17, 15) is 18.7 Å². The van der Waals surface area contributed by atoms with Crippen molar-refractivity contribution in [3.8, 4) is 0 Å². The summed E-state index contributed by atoms with van der Waals surface area (Å²) >= 11 is 0. The molecule has 0 spiro atoms. The Morgan fingerprint density at radius 3 is 1.19 bits per heavy atom. The molecule has 0 saturated heterocycles. The summed E-state index contributed by atoms with van der Waals surface area (Å²) in [6.07, 6.45) is 9.40. The van der Waals surface area contributed by atoms with Gasteiger partial charge in [0.25, 0.3) is 0 Å². The van der Waals surface area contributed by atoms with Crippen LogP contribution in [-0.4, -0.2) is 48.2 Å². The summed E-state index contributed by atoms with van der Waals surface area (Å²) in [6, 6.07) is 0. The van der Waals surface area contributed by atoms with E-state index in [1.165, 1.54) is 0 Å². The number of carbonyl (C=O) groups is 2. The van der Waals surface area contributed by atoms with E-state index in [2.05, 4.69) is 17.5 Å². The first-order valence-corrected chi connectivity index (χ1v) is 15.7. The lowest BCUT2D eigenvalue weighted by molar-refractivity contribution is -0.139. The van der Waals surface area contributed by atoms with Gasteiger partial charge in [-0.05, 0) is 39.5 Å². The van der Waals surface area contributed by atoms with Gasteiger partial charge in [0, 0.05) is 11.1 Å². The van der Waals surface area contributed by atoms with Crippen LogP contribution in [0.3, 0.4) is 0 Å². The molecule has 0 aliphatic rings. The van der Waals surface area contributed by atoms with Crippen LogP contribution >= 0.6 is 15.6 Å². The van der Waals surface area contributed by atoms with Gasteiger partial charge in [-0.3, -0.25) is 9.05 Å². The lowest BCUT2D eigenvalue weighted by Gasteiger charge is -2.18. The summed E-state index contributed by atoms with van der Waals surface area (Å²) in [6.45, 7) is 10.9. The van der Waals surface area contributed by atoms with E-state index in [4.69, 9.17) is 28.3 Å². The van der Waals surface area contributed by atoms with Gasteiger partial charge in [0.2, 0.25) is 0 Å². The quantitative estimate of drug-likeness (QED) is 0.0593. The molecule has 0 heterocycles. The number of hydrogen-bond acceptors (Lipinski definition) is 9. The molecular formula is C24H44O11P2. The molecule has 0 unspecified atom stereocenters. The Kier molecular flexibility index (Phi) is 19.9. The normalized spacial score (nSPS) is 11.8. The molecule has 0 amide bonds. The fourth-order valence-electron chi connectivity index (χ4n) is 2.97. The van der Waals surface area contributed by atoms with Crippen LogP contribution in [0.2, 0.25) is 0 Å². The van der Waals surface area contributed by atoms with Crippen molar-refractivity contribution >= 4 is 27.6 Å². The lowest BCUT2D eigenvalue weighted by Crippen LogP contribution is -2.06. The van der Waals surface area contributed by atoms with Crippen LogP contribution in [0.15, 0.2) is 24.3 Å². The topological polar surface area (TPSA) is 155 Å². The van der Waals surface area contributed by atoms with Crippen LogP contribution in [0, 0.1) is 0 Å². The number of phosphoric acid groups is 2. The predicted molar refractivity (Wildman–Crippen MR) is 140 cm³/mol. The van der Waals surface area contributed by atoms with E-state index in [0.29, 0.717) is 37.2 Å². The Labute approximate surface area is 220 Å². The first kappa shape index (κ1) is 35.7. The molecule has 13 heteroatoms. The van der Waals surface area contributed by atoms with Gasteiger partial charge < -0.3 is 19.3 Å². The first-order chi connectivity index (χ1) is 17.4. The molecule has 0 aromatic carbocycles. The van der Waals surface area contributed by atoms with Crippen molar-refractivity contribution < 1.29 is 51.3 Å². The lowest BCUT2D eigenvalue weighted by atomic mass is 10.1. The van der Waals surface area contributed by atoms with Crippen molar-refractivity contribution in [1.29, 1.82) is 0 Å². The molecule has 0 radical (unpaired) electrons. The van der Waals surface area contributed by atoms with Gasteiger partial charge in [-0.1, -0.05) is 64.5 Å². The molecule has 0 bridgehead atoms. The van der Waals surface area contributed by atoms with Gasteiger partial charge in [-0.15, -0.1) is 0 Å². The second-order valence-electron chi connectivity index (χ2n) is 8.76. The van der Waals surface area contributed by atoms with Crippen LogP contribution in [0.25, 0.3) is 0 Å². The molecule has 0 aromatic heterocycles. The van der Waals surface area contributed by atoms with Crippen LogP contribution < -0.4 is 0 Å². The van der Waals surface area contributed by atoms with Gasteiger partial charge in [0.15, 0.2) is 0 Å². The summed E-state index contributed by atoms with van der Waals surface area (Å²) < 4.78 is 48.4. The Bertz CT molecular complexity index is 742. The van der Waals surface area contributed by atoms with Gasteiger partial charge in [0.05, 0.1) is 26.4 Å². The molecule has 0 aliphatic heterocycles. The summed E-state index contributed by atoms with van der Waals surface area (Å²) in [5.41, 5.74) is 0.743. The van der Waals surface area contributed by atoms with E-state index in [1.54, 1.807) is 13.8 Å². The van der Waals surface area contributed by atoms with Crippen LogP contribution in [0.1, 0.15) is 90.9 Å². The zero-order valence-electron chi connectivity index (χ0n) is 22.2. The third-order valence-corrected chi connectivity index (χ3v) is 7.59. The molecule has 11 nitrogen and oxygen atoms in total. The number of phosphoric ester groups is 1. The molecular weight excluding hydrogens is 526 g/mol. The van der Waals surface area contributed by atoms with Crippen molar-refractivity contribution in [1.82, 2.24) is 0 Å². The molecule has 37 heavy (non-hydrogen) atoms.